The molecule has 0 aliphatic rings. The second-order valence-corrected chi connectivity index (χ2v) is 8.51. The molecule has 3 aromatic rings. The van der Waals surface area contributed by atoms with Crippen molar-refractivity contribution in [2.75, 3.05) is 31.1 Å². The molecule has 0 aliphatic heterocycles. The molecule has 1 aromatic carbocycles. The molecule has 2 aromatic heterocycles. The summed E-state index contributed by atoms with van der Waals surface area (Å²) in [7, 11) is 0. The second-order valence-electron chi connectivity index (χ2n) is 6.52. The van der Waals surface area contributed by atoms with Crippen molar-refractivity contribution in [3.05, 3.63) is 52.2 Å². The van der Waals surface area contributed by atoms with Gasteiger partial charge in [0.25, 0.3) is 5.91 Å². The van der Waals surface area contributed by atoms with E-state index in [-0.39, 0.29) is 5.91 Å². The van der Waals surface area contributed by atoms with Gasteiger partial charge in [-0.2, -0.15) is 0 Å². The molecule has 0 saturated heterocycles. The number of anilines is 1. The highest BCUT2D eigenvalue weighted by atomic mass is 32.1. The zero-order valence-electron chi connectivity index (χ0n) is 16.7. The molecule has 0 aliphatic carbocycles. The average molecular weight is 414 g/mol. The van der Waals surface area contributed by atoms with Gasteiger partial charge < -0.3 is 4.90 Å². The van der Waals surface area contributed by atoms with Crippen molar-refractivity contribution in [2.45, 2.75) is 27.2 Å². The first-order chi connectivity index (χ1) is 13.6. The molecule has 6 heteroatoms. The van der Waals surface area contributed by atoms with Gasteiger partial charge in [-0.3, -0.25) is 9.69 Å². The highest BCUT2D eigenvalue weighted by Crippen LogP contribution is 2.30. The van der Waals surface area contributed by atoms with Gasteiger partial charge in [0.15, 0.2) is 5.13 Å². The molecule has 0 bridgehead atoms. The van der Waals surface area contributed by atoms with Crippen molar-refractivity contribution >= 4 is 50.0 Å². The van der Waals surface area contributed by atoms with E-state index in [2.05, 4.69) is 43.9 Å². The van der Waals surface area contributed by atoms with Gasteiger partial charge in [-0.25, -0.2) is 4.98 Å². The molecule has 0 unspecified atom stereocenters. The lowest BCUT2D eigenvalue weighted by Crippen LogP contribution is -2.38. The van der Waals surface area contributed by atoms with E-state index >= 15 is 0 Å². The Labute approximate surface area is 175 Å². The maximum Gasteiger partial charge on any atom is 0.252 e. The lowest BCUT2D eigenvalue weighted by molar-refractivity contribution is -0.114. The van der Waals surface area contributed by atoms with Gasteiger partial charge in [-0.15, -0.1) is 11.3 Å². The molecule has 28 heavy (non-hydrogen) atoms. The Morgan fingerprint density at radius 1 is 1.14 bits per heavy atom. The molecule has 3 rings (SSSR count). The molecule has 0 atom stereocenters. The van der Waals surface area contributed by atoms with E-state index in [9.17, 15) is 4.79 Å². The molecular formula is C22H27N3OS2. The molecule has 4 nitrogen and oxygen atoms in total. The number of rotatable bonds is 9. The van der Waals surface area contributed by atoms with Gasteiger partial charge >= 0.3 is 0 Å². The van der Waals surface area contributed by atoms with Crippen LogP contribution < -0.4 is 4.90 Å². The van der Waals surface area contributed by atoms with Gasteiger partial charge in [-0.05, 0) is 54.7 Å². The van der Waals surface area contributed by atoms with Crippen LogP contribution in [0.3, 0.4) is 0 Å². The van der Waals surface area contributed by atoms with Gasteiger partial charge in [0.1, 0.15) is 0 Å². The number of thiophene rings is 1. The summed E-state index contributed by atoms with van der Waals surface area (Å²) in [5, 5.41) is 2.79. The number of thiazole rings is 1. The third-order valence-electron chi connectivity index (χ3n) is 4.81. The quantitative estimate of drug-likeness (QED) is 0.446. The van der Waals surface area contributed by atoms with Crippen molar-refractivity contribution in [2.24, 2.45) is 0 Å². The number of benzene rings is 1. The van der Waals surface area contributed by atoms with Crippen molar-refractivity contribution < 1.29 is 4.79 Å². The fourth-order valence-corrected chi connectivity index (χ4v) is 4.68. The van der Waals surface area contributed by atoms with Crippen molar-refractivity contribution in [1.29, 1.82) is 0 Å². The molecule has 0 saturated carbocycles. The minimum atomic E-state index is -0.0182. The molecule has 0 spiro atoms. The van der Waals surface area contributed by atoms with E-state index in [0.717, 1.165) is 46.3 Å². The van der Waals surface area contributed by atoms with Crippen LogP contribution in [0.2, 0.25) is 0 Å². The summed E-state index contributed by atoms with van der Waals surface area (Å²) in [6.07, 6.45) is 4.55. The first kappa shape index (κ1) is 20.7. The van der Waals surface area contributed by atoms with Crippen LogP contribution in [-0.4, -0.2) is 42.0 Å². The summed E-state index contributed by atoms with van der Waals surface area (Å²) in [6, 6.07) is 10.4. The summed E-state index contributed by atoms with van der Waals surface area (Å²) in [5.41, 5.74) is 2.25. The highest BCUT2D eigenvalue weighted by molar-refractivity contribution is 7.22. The van der Waals surface area contributed by atoms with Crippen molar-refractivity contribution in [3.8, 4) is 0 Å². The molecule has 0 fully saturated rings. The third-order valence-corrected chi connectivity index (χ3v) is 6.69. The number of carbonyl (C=O) groups excluding carboxylic acids is 1. The number of likely N-dealkylation sites (N-methyl/N-ethyl adjacent to an activating group) is 1. The monoisotopic (exact) mass is 413 g/mol. The first-order valence-corrected chi connectivity index (χ1v) is 11.5. The maximum atomic E-state index is 13.0. The number of carbonyl (C=O) groups is 1. The van der Waals surface area contributed by atoms with E-state index in [1.165, 1.54) is 5.56 Å². The third kappa shape index (κ3) is 5.07. The summed E-state index contributed by atoms with van der Waals surface area (Å²) in [4.78, 5) is 23.0. The van der Waals surface area contributed by atoms with Gasteiger partial charge in [-0.1, -0.05) is 44.2 Å². The smallest absolute Gasteiger partial charge is 0.252 e. The van der Waals surface area contributed by atoms with Crippen LogP contribution in [0, 0.1) is 0 Å². The van der Waals surface area contributed by atoms with Crippen LogP contribution in [-0.2, 0) is 11.2 Å². The summed E-state index contributed by atoms with van der Waals surface area (Å²) >= 11 is 3.22. The molecule has 1 amide bonds. The number of hydrogen-bond donors (Lipinski definition) is 0. The van der Waals surface area contributed by atoms with Crippen LogP contribution >= 0.6 is 22.7 Å². The fourth-order valence-electron chi connectivity index (χ4n) is 3.00. The minimum absolute atomic E-state index is 0.0182. The first-order valence-electron chi connectivity index (χ1n) is 9.79. The molecule has 2 heterocycles. The summed E-state index contributed by atoms with van der Waals surface area (Å²) < 4.78 is 1.14. The van der Waals surface area contributed by atoms with Crippen LogP contribution in [0.15, 0.2) is 41.8 Å². The number of fused-ring (bicyclic) bond motifs is 1. The highest BCUT2D eigenvalue weighted by Gasteiger charge is 2.19. The Bertz CT molecular complexity index is 927. The molecule has 148 valence electrons. The molecule has 0 N–H and O–H groups in total. The van der Waals surface area contributed by atoms with Gasteiger partial charge in [0, 0.05) is 24.0 Å². The van der Waals surface area contributed by atoms with E-state index in [4.69, 9.17) is 4.98 Å². The number of nitrogens with zero attached hydrogens (tertiary/aromatic N) is 3. The predicted molar refractivity (Wildman–Crippen MR) is 122 cm³/mol. The number of aromatic nitrogens is 1. The summed E-state index contributed by atoms with van der Waals surface area (Å²) in [5.74, 6) is -0.0182. The van der Waals surface area contributed by atoms with Crippen LogP contribution in [0.4, 0.5) is 5.13 Å². The number of amides is 1. The standard InChI is InChI=1S/C22H27N3OS2/c1-4-17-9-11-19-20(16-17)28-22(23-19)25(14-13-24(5-2)6-3)21(26)12-10-18-8-7-15-27-18/h7-12,15-16H,4-6,13-14H2,1-3H3/b12-10+. The number of aryl methyl sites for hydroxylation is 1. The zero-order chi connectivity index (χ0) is 19.9. The van der Waals surface area contributed by atoms with Gasteiger partial charge in [0.05, 0.1) is 10.2 Å². The topological polar surface area (TPSA) is 36.4 Å². The van der Waals surface area contributed by atoms with E-state index in [1.807, 2.05) is 28.5 Å². The van der Waals surface area contributed by atoms with Crippen LogP contribution in [0.1, 0.15) is 31.2 Å². The maximum absolute atomic E-state index is 13.0. The SMILES string of the molecule is CCc1ccc2nc(N(CCN(CC)CC)C(=O)/C=C/c3cccs3)sc2c1. The largest absolute Gasteiger partial charge is 0.302 e. The van der Waals surface area contributed by atoms with Crippen molar-refractivity contribution in [3.63, 3.8) is 0 Å². The Hall–Kier alpha value is -2.02. The Kier molecular flexibility index (Phi) is 7.36. The van der Waals surface area contributed by atoms with E-state index in [1.54, 1.807) is 28.7 Å². The van der Waals surface area contributed by atoms with Crippen LogP contribution in [0.25, 0.3) is 16.3 Å². The summed E-state index contributed by atoms with van der Waals surface area (Å²) in [6.45, 7) is 9.87. The Morgan fingerprint density at radius 2 is 1.96 bits per heavy atom. The second kappa shape index (κ2) is 9.96. The van der Waals surface area contributed by atoms with Gasteiger partial charge in [0.2, 0.25) is 0 Å². The number of hydrogen-bond acceptors (Lipinski definition) is 5. The molecular weight excluding hydrogens is 386 g/mol. The lowest BCUT2D eigenvalue weighted by atomic mass is 10.2. The van der Waals surface area contributed by atoms with E-state index < -0.39 is 0 Å². The lowest BCUT2D eigenvalue weighted by Gasteiger charge is -2.23. The van der Waals surface area contributed by atoms with Crippen molar-refractivity contribution in [1.82, 2.24) is 9.88 Å². The van der Waals surface area contributed by atoms with E-state index in [0.29, 0.717) is 6.54 Å². The normalized spacial score (nSPS) is 11.7. The minimum Gasteiger partial charge on any atom is -0.302 e. The zero-order valence-corrected chi connectivity index (χ0v) is 18.4. The Morgan fingerprint density at radius 3 is 2.64 bits per heavy atom. The average Bonchev–Trinajstić information content (AvgIpc) is 3.38. The van der Waals surface area contributed by atoms with Crippen LogP contribution in [0.5, 0.6) is 0 Å². The predicted octanol–water partition coefficient (Wildman–Crippen LogP) is 5.31. The Balaban J connectivity index is 1.87. The molecule has 0 radical (unpaired) electrons. The fraction of sp³-hybridized carbons (Fsp3) is 0.364.